The lowest BCUT2D eigenvalue weighted by Crippen LogP contribution is -2.47. The number of amides is 1. The highest BCUT2D eigenvalue weighted by molar-refractivity contribution is 5.92. The lowest BCUT2D eigenvalue weighted by Gasteiger charge is -2.34. The molecule has 5 nitrogen and oxygen atoms in total. The molecule has 0 unspecified atom stereocenters. The quantitative estimate of drug-likeness (QED) is 0.680. The van der Waals surface area contributed by atoms with Gasteiger partial charge in [-0.25, -0.2) is 0 Å². The molecule has 0 bridgehead atoms. The van der Waals surface area contributed by atoms with E-state index >= 15 is 0 Å². The maximum atomic E-state index is 12.4. The number of aromatic nitrogens is 1. The minimum Gasteiger partial charge on any atom is -0.457 e. The fraction of sp³-hybridized carbons (Fsp3) is 0.238. The predicted octanol–water partition coefficient (Wildman–Crippen LogP) is 3.19. The Bertz CT molecular complexity index is 876. The number of rotatable bonds is 4. The highest BCUT2D eigenvalue weighted by Gasteiger charge is 2.19. The van der Waals surface area contributed by atoms with Crippen LogP contribution in [0.4, 0.5) is 0 Å². The van der Waals surface area contributed by atoms with E-state index in [0.29, 0.717) is 5.76 Å². The second kappa shape index (κ2) is 7.54. The van der Waals surface area contributed by atoms with Crippen LogP contribution in [0.25, 0.3) is 17.0 Å². The van der Waals surface area contributed by atoms with Crippen molar-refractivity contribution in [3.63, 3.8) is 0 Å². The molecule has 0 N–H and O–H groups in total. The van der Waals surface area contributed by atoms with Crippen molar-refractivity contribution in [2.45, 2.75) is 6.54 Å². The van der Waals surface area contributed by atoms with Crippen LogP contribution in [0.1, 0.15) is 11.5 Å². The van der Waals surface area contributed by atoms with Gasteiger partial charge >= 0.3 is 0 Å². The summed E-state index contributed by atoms with van der Waals surface area (Å²) < 4.78 is 5.72. The number of carbonyl (C=O) groups is 1. The Morgan fingerprint density at radius 3 is 2.65 bits per heavy atom. The zero-order valence-corrected chi connectivity index (χ0v) is 14.5. The van der Waals surface area contributed by atoms with Gasteiger partial charge in [-0.3, -0.25) is 14.7 Å². The Morgan fingerprint density at radius 1 is 1.08 bits per heavy atom. The summed E-state index contributed by atoms with van der Waals surface area (Å²) in [4.78, 5) is 21.0. The van der Waals surface area contributed by atoms with E-state index in [1.165, 1.54) is 0 Å². The first-order valence-electron chi connectivity index (χ1n) is 8.86. The Hall–Kier alpha value is -2.92. The summed E-state index contributed by atoms with van der Waals surface area (Å²) in [5, 5.41) is 1.04. The Labute approximate surface area is 152 Å². The smallest absolute Gasteiger partial charge is 0.246 e. The number of carbonyl (C=O) groups excluding carboxylic acids is 1. The molecule has 1 fully saturated rings. The van der Waals surface area contributed by atoms with E-state index in [1.54, 1.807) is 12.2 Å². The van der Waals surface area contributed by atoms with Gasteiger partial charge in [0.2, 0.25) is 5.91 Å². The van der Waals surface area contributed by atoms with E-state index in [0.717, 1.165) is 49.4 Å². The van der Waals surface area contributed by atoms with Gasteiger partial charge < -0.3 is 9.32 Å². The first kappa shape index (κ1) is 16.5. The normalized spacial score (nSPS) is 15.8. The van der Waals surface area contributed by atoms with Gasteiger partial charge in [-0.05, 0) is 30.3 Å². The molecule has 26 heavy (non-hydrogen) atoms. The van der Waals surface area contributed by atoms with E-state index in [9.17, 15) is 4.79 Å². The first-order valence-corrected chi connectivity index (χ1v) is 8.86. The van der Waals surface area contributed by atoms with Crippen molar-refractivity contribution in [3.05, 3.63) is 72.3 Å². The predicted molar refractivity (Wildman–Crippen MR) is 101 cm³/mol. The molecule has 1 saturated heterocycles. The van der Waals surface area contributed by atoms with Gasteiger partial charge in [-0.2, -0.15) is 0 Å². The Morgan fingerprint density at radius 2 is 1.88 bits per heavy atom. The maximum Gasteiger partial charge on any atom is 0.246 e. The standard InChI is InChI=1S/C21H21N3O2/c25-21(9-8-19-15-17-5-1-2-7-20(17)26-19)24-13-11-23(12-14-24)16-18-6-3-4-10-22-18/h1-10,15H,11-14,16H2/b9-8+. The van der Waals surface area contributed by atoms with Crippen LogP contribution in [0, 0.1) is 0 Å². The summed E-state index contributed by atoms with van der Waals surface area (Å²) in [5.74, 6) is 0.733. The van der Waals surface area contributed by atoms with Crippen LogP contribution in [-0.4, -0.2) is 46.9 Å². The fourth-order valence-corrected chi connectivity index (χ4v) is 3.19. The Balaban J connectivity index is 1.32. The molecule has 132 valence electrons. The number of furan rings is 1. The van der Waals surface area contributed by atoms with E-state index in [1.807, 2.05) is 59.6 Å². The van der Waals surface area contributed by atoms with Crippen molar-refractivity contribution in [1.82, 2.24) is 14.8 Å². The number of para-hydroxylation sites is 1. The number of nitrogens with zero attached hydrogens (tertiary/aromatic N) is 3. The van der Waals surface area contributed by atoms with E-state index in [2.05, 4.69) is 9.88 Å². The van der Waals surface area contributed by atoms with Gasteiger partial charge in [-0.15, -0.1) is 0 Å². The van der Waals surface area contributed by atoms with Crippen molar-refractivity contribution >= 4 is 23.0 Å². The minimum absolute atomic E-state index is 0.0305. The summed E-state index contributed by atoms with van der Waals surface area (Å²) >= 11 is 0. The van der Waals surface area contributed by atoms with E-state index < -0.39 is 0 Å². The van der Waals surface area contributed by atoms with Gasteiger partial charge in [0, 0.05) is 50.4 Å². The average Bonchev–Trinajstić information content (AvgIpc) is 3.10. The third-order valence-electron chi connectivity index (χ3n) is 4.63. The van der Waals surface area contributed by atoms with Crippen molar-refractivity contribution in [3.8, 4) is 0 Å². The summed E-state index contributed by atoms with van der Waals surface area (Å²) in [5.41, 5.74) is 1.90. The van der Waals surface area contributed by atoms with Crippen LogP contribution in [0.5, 0.6) is 0 Å². The third kappa shape index (κ3) is 3.83. The molecular formula is C21H21N3O2. The molecule has 5 heteroatoms. The number of piperazine rings is 1. The molecule has 1 aliphatic heterocycles. The lowest BCUT2D eigenvalue weighted by atomic mass is 10.2. The van der Waals surface area contributed by atoms with Crippen LogP contribution >= 0.6 is 0 Å². The van der Waals surface area contributed by atoms with Crippen molar-refractivity contribution in [2.24, 2.45) is 0 Å². The second-order valence-corrected chi connectivity index (χ2v) is 6.44. The molecule has 1 aliphatic rings. The topological polar surface area (TPSA) is 49.6 Å². The minimum atomic E-state index is 0.0305. The number of hydrogen-bond donors (Lipinski definition) is 0. The zero-order chi connectivity index (χ0) is 17.8. The second-order valence-electron chi connectivity index (χ2n) is 6.44. The third-order valence-corrected chi connectivity index (χ3v) is 4.63. The van der Waals surface area contributed by atoms with E-state index in [-0.39, 0.29) is 5.91 Å². The van der Waals surface area contributed by atoms with Crippen LogP contribution in [0.3, 0.4) is 0 Å². The molecule has 1 aromatic carbocycles. The van der Waals surface area contributed by atoms with E-state index in [4.69, 9.17) is 4.42 Å². The zero-order valence-electron chi connectivity index (χ0n) is 14.5. The fourth-order valence-electron chi connectivity index (χ4n) is 3.19. The van der Waals surface area contributed by atoms with Crippen molar-refractivity contribution < 1.29 is 9.21 Å². The summed E-state index contributed by atoms with van der Waals surface area (Å²) in [7, 11) is 0. The van der Waals surface area contributed by atoms with Gasteiger partial charge in [0.1, 0.15) is 11.3 Å². The van der Waals surface area contributed by atoms with Crippen molar-refractivity contribution in [1.29, 1.82) is 0 Å². The molecule has 1 amide bonds. The summed E-state index contributed by atoms with van der Waals surface area (Å²) in [6.07, 6.45) is 5.17. The highest BCUT2D eigenvalue weighted by atomic mass is 16.3. The van der Waals surface area contributed by atoms with Crippen LogP contribution in [0.2, 0.25) is 0 Å². The van der Waals surface area contributed by atoms with Crippen molar-refractivity contribution in [2.75, 3.05) is 26.2 Å². The number of fused-ring (bicyclic) bond motifs is 1. The number of benzene rings is 1. The largest absolute Gasteiger partial charge is 0.457 e. The first-order chi connectivity index (χ1) is 12.8. The summed E-state index contributed by atoms with van der Waals surface area (Å²) in [6, 6.07) is 15.8. The molecule has 2 aromatic heterocycles. The lowest BCUT2D eigenvalue weighted by molar-refractivity contribution is -0.127. The molecule has 0 atom stereocenters. The molecule has 3 aromatic rings. The molecule has 4 rings (SSSR count). The monoisotopic (exact) mass is 347 g/mol. The van der Waals surface area contributed by atoms with Gasteiger partial charge in [0.15, 0.2) is 0 Å². The average molecular weight is 347 g/mol. The maximum absolute atomic E-state index is 12.4. The molecule has 3 heterocycles. The van der Waals surface area contributed by atoms with Crippen LogP contribution in [-0.2, 0) is 11.3 Å². The van der Waals surface area contributed by atoms with Gasteiger partial charge in [0.25, 0.3) is 0 Å². The summed E-state index contributed by atoms with van der Waals surface area (Å²) in [6.45, 7) is 4.02. The SMILES string of the molecule is O=C(/C=C/c1cc2ccccc2o1)N1CCN(Cc2ccccn2)CC1. The molecule has 0 aliphatic carbocycles. The van der Waals surface area contributed by atoms with Gasteiger partial charge in [-0.1, -0.05) is 24.3 Å². The van der Waals surface area contributed by atoms with Crippen LogP contribution < -0.4 is 0 Å². The molecule has 0 saturated carbocycles. The van der Waals surface area contributed by atoms with Gasteiger partial charge in [0.05, 0.1) is 5.69 Å². The Kier molecular flexibility index (Phi) is 4.80. The number of pyridine rings is 1. The molecule has 0 spiro atoms. The molecule has 0 radical (unpaired) electrons. The number of hydrogen-bond acceptors (Lipinski definition) is 4. The van der Waals surface area contributed by atoms with Crippen LogP contribution in [0.15, 0.2) is 65.2 Å². The highest BCUT2D eigenvalue weighted by Crippen LogP contribution is 2.19. The molecular weight excluding hydrogens is 326 g/mol.